The second-order valence-corrected chi connectivity index (χ2v) is 8.79. The quantitative estimate of drug-likeness (QED) is 0.647. The number of rotatable bonds is 5. The maximum absolute atomic E-state index is 13.9. The minimum absolute atomic E-state index is 0.218. The molecule has 10 heteroatoms. The molecule has 1 aliphatic rings. The highest BCUT2D eigenvalue weighted by molar-refractivity contribution is 7.92. The molecule has 0 bridgehead atoms. The lowest BCUT2D eigenvalue weighted by Crippen LogP contribution is -2.16. The Morgan fingerprint density at radius 1 is 1.10 bits per heavy atom. The Kier molecular flexibility index (Phi) is 5.02. The molecule has 1 aliphatic carbocycles. The summed E-state index contributed by atoms with van der Waals surface area (Å²) in [5.41, 5.74) is 2.54. The molecule has 30 heavy (non-hydrogen) atoms. The third kappa shape index (κ3) is 4.04. The molecule has 1 amide bonds. The number of fused-ring (bicyclic) bond motifs is 1. The fourth-order valence-electron chi connectivity index (χ4n) is 3.49. The van der Waals surface area contributed by atoms with E-state index in [1.54, 1.807) is 16.8 Å². The second kappa shape index (κ2) is 7.52. The number of aromatic nitrogens is 2. The lowest BCUT2D eigenvalue weighted by atomic mass is 10.2. The summed E-state index contributed by atoms with van der Waals surface area (Å²) in [5, 5.41) is 7.06. The zero-order valence-corrected chi connectivity index (χ0v) is 16.8. The van der Waals surface area contributed by atoms with Crippen molar-refractivity contribution in [1.29, 1.82) is 0 Å². The van der Waals surface area contributed by atoms with Crippen LogP contribution in [0.1, 0.15) is 28.2 Å². The monoisotopic (exact) mass is 432 g/mol. The Labute approximate surface area is 171 Å². The van der Waals surface area contributed by atoms with Crippen LogP contribution in [0, 0.1) is 11.6 Å². The van der Waals surface area contributed by atoms with Gasteiger partial charge in [-0.05, 0) is 61.7 Å². The average molecular weight is 432 g/mol. The molecule has 156 valence electrons. The van der Waals surface area contributed by atoms with Crippen LogP contribution >= 0.6 is 0 Å². The molecule has 1 aromatic heterocycles. The van der Waals surface area contributed by atoms with Gasteiger partial charge < -0.3 is 5.32 Å². The minimum atomic E-state index is -3.68. The van der Waals surface area contributed by atoms with E-state index in [2.05, 4.69) is 15.1 Å². The van der Waals surface area contributed by atoms with Gasteiger partial charge in [-0.1, -0.05) is 0 Å². The molecule has 0 spiro atoms. The van der Waals surface area contributed by atoms with Gasteiger partial charge in [0.2, 0.25) is 10.0 Å². The number of anilines is 2. The van der Waals surface area contributed by atoms with E-state index in [1.165, 1.54) is 24.3 Å². The first-order valence-electron chi connectivity index (χ1n) is 9.17. The van der Waals surface area contributed by atoms with Gasteiger partial charge in [0.05, 0.1) is 17.6 Å². The van der Waals surface area contributed by atoms with Crippen molar-refractivity contribution in [2.45, 2.75) is 19.3 Å². The number of hydrogen-bond acceptors (Lipinski definition) is 4. The second-order valence-electron chi connectivity index (χ2n) is 7.04. The minimum Gasteiger partial charge on any atom is -0.321 e. The van der Waals surface area contributed by atoms with Crippen LogP contribution in [0.25, 0.3) is 5.69 Å². The number of sulfonamides is 1. The number of nitrogens with one attached hydrogen (secondary N) is 2. The fraction of sp³-hybridized carbons (Fsp3) is 0.200. The first-order chi connectivity index (χ1) is 14.2. The summed E-state index contributed by atoms with van der Waals surface area (Å²) in [5.74, 6) is -1.62. The van der Waals surface area contributed by atoms with Crippen LogP contribution in [0.3, 0.4) is 0 Å². The van der Waals surface area contributed by atoms with Crippen LogP contribution in [0.2, 0.25) is 0 Å². The molecule has 7 nitrogen and oxygen atoms in total. The fourth-order valence-corrected chi connectivity index (χ4v) is 4.04. The maximum atomic E-state index is 13.9. The van der Waals surface area contributed by atoms with E-state index in [0.29, 0.717) is 12.1 Å². The van der Waals surface area contributed by atoms with E-state index in [9.17, 15) is 22.0 Å². The molecule has 0 saturated heterocycles. The number of carbonyl (C=O) groups excluding carboxylic acids is 1. The van der Waals surface area contributed by atoms with Crippen molar-refractivity contribution in [2.24, 2.45) is 0 Å². The van der Waals surface area contributed by atoms with Crippen LogP contribution in [0.5, 0.6) is 0 Å². The highest BCUT2D eigenvalue weighted by Crippen LogP contribution is 2.29. The number of amides is 1. The standard InChI is InChI=1S/C20H18F2N4O3S/c1-30(28,29)25-17-11-13(7-10-16(17)22)23-20(27)19-15-3-2-4-18(15)26(24-19)14-8-5-12(21)6-9-14/h5-11,25H,2-4H2,1H3,(H,23,27). The van der Waals surface area contributed by atoms with Gasteiger partial charge in [0, 0.05) is 16.9 Å². The van der Waals surface area contributed by atoms with E-state index < -0.39 is 21.7 Å². The van der Waals surface area contributed by atoms with Crippen LogP contribution in [-0.4, -0.2) is 30.4 Å². The molecule has 0 radical (unpaired) electrons. The van der Waals surface area contributed by atoms with Gasteiger partial charge in [0.15, 0.2) is 5.69 Å². The largest absolute Gasteiger partial charge is 0.321 e. The lowest BCUT2D eigenvalue weighted by Gasteiger charge is -2.09. The van der Waals surface area contributed by atoms with Crippen molar-refractivity contribution >= 4 is 27.3 Å². The summed E-state index contributed by atoms with van der Waals surface area (Å²) >= 11 is 0. The zero-order chi connectivity index (χ0) is 21.5. The van der Waals surface area contributed by atoms with Gasteiger partial charge in [-0.3, -0.25) is 9.52 Å². The van der Waals surface area contributed by atoms with Crippen LogP contribution < -0.4 is 10.0 Å². The highest BCUT2D eigenvalue weighted by Gasteiger charge is 2.27. The van der Waals surface area contributed by atoms with E-state index >= 15 is 0 Å². The first kappa shape index (κ1) is 20.0. The lowest BCUT2D eigenvalue weighted by molar-refractivity contribution is 0.102. The molecule has 0 saturated carbocycles. The maximum Gasteiger partial charge on any atom is 0.276 e. The van der Waals surface area contributed by atoms with Crippen molar-refractivity contribution in [2.75, 3.05) is 16.3 Å². The predicted molar refractivity (Wildman–Crippen MR) is 108 cm³/mol. The van der Waals surface area contributed by atoms with Gasteiger partial charge >= 0.3 is 0 Å². The van der Waals surface area contributed by atoms with E-state index in [1.807, 2.05) is 0 Å². The third-order valence-corrected chi connectivity index (χ3v) is 5.33. The van der Waals surface area contributed by atoms with Crippen molar-refractivity contribution in [3.63, 3.8) is 0 Å². The molecular weight excluding hydrogens is 414 g/mol. The summed E-state index contributed by atoms with van der Waals surface area (Å²) in [7, 11) is -3.68. The number of benzene rings is 2. The Bertz CT molecular complexity index is 1240. The third-order valence-electron chi connectivity index (χ3n) is 4.74. The summed E-state index contributed by atoms with van der Waals surface area (Å²) in [6.07, 6.45) is 3.20. The van der Waals surface area contributed by atoms with Gasteiger partial charge in [0.1, 0.15) is 11.6 Å². The first-order valence-corrected chi connectivity index (χ1v) is 11.1. The summed E-state index contributed by atoms with van der Waals surface area (Å²) < 4.78 is 53.6. The molecule has 4 rings (SSSR count). The highest BCUT2D eigenvalue weighted by atomic mass is 32.2. The summed E-state index contributed by atoms with van der Waals surface area (Å²) in [6, 6.07) is 9.42. The Hall–Kier alpha value is -3.27. The molecule has 0 unspecified atom stereocenters. The smallest absolute Gasteiger partial charge is 0.276 e. The van der Waals surface area contributed by atoms with Gasteiger partial charge in [-0.15, -0.1) is 0 Å². The SMILES string of the molecule is CS(=O)(=O)Nc1cc(NC(=O)c2nn(-c3ccc(F)cc3)c3c2CCC3)ccc1F. The van der Waals surface area contributed by atoms with E-state index in [0.717, 1.165) is 36.4 Å². The summed E-state index contributed by atoms with van der Waals surface area (Å²) in [6.45, 7) is 0. The van der Waals surface area contributed by atoms with Gasteiger partial charge in [-0.2, -0.15) is 5.10 Å². The number of hydrogen-bond donors (Lipinski definition) is 2. The zero-order valence-electron chi connectivity index (χ0n) is 15.9. The van der Waals surface area contributed by atoms with Gasteiger partial charge in [-0.25, -0.2) is 21.9 Å². The Morgan fingerprint density at radius 2 is 1.83 bits per heavy atom. The molecule has 1 heterocycles. The van der Waals surface area contributed by atoms with E-state index in [4.69, 9.17) is 0 Å². The molecular formula is C20H18F2N4O3S. The normalized spacial score (nSPS) is 13.2. The van der Waals surface area contributed by atoms with Crippen LogP contribution in [-0.2, 0) is 22.9 Å². The number of nitrogens with zero attached hydrogens (tertiary/aromatic N) is 2. The topological polar surface area (TPSA) is 93.1 Å². The molecule has 0 fully saturated rings. The molecule has 2 N–H and O–H groups in total. The van der Waals surface area contributed by atoms with Crippen molar-refractivity contribution in [3.8, 4) is 5.69 Å². The number of carbonyl (C=O) groups is 1. The average Bonchev–Trinajstić information content (AvgIpc) is 3.27. The molecule has 0 atom stereocenters. The Morgan fingerprint density at radius 3 is 2.53 bits per heavy atom. The number of halogens is 2. The molecule has 0 aliphatic heterocycles. The van der Waals surface area contributed by atoms with Crippen molar-refractivity contribution in [3.05, 3.63) is 71.1 Å². The van der Waals surface area contributed by atoms with Gasteiger partial charge in [0.25, 0.3) is 5.91 Å². The Balaban J connectivity index is 1.64. The van der Waals surface area contributed by atoms with E-state index in [-0.39, 0.29) is 22.9 Å². The van der Waals surface area contributed by atoms with Crippen LogP contribution in [0.15, 0.2) is 42.5 Å². The predicted octanol–water partition coefficient (Wildman–Crippen LogP) is 3.26. The van der Waals surface area contributed by atoms with Crippen LogP contribution in [0.4, 0.5) is 20.2 Å². The summed E-state index contributed by atoms with van der Waals surface area (Å²) in [4.78, 5) is 12.9. The molecule has 2 aromatic carbocycles. The molecule has 3 aromatic rings. The van der Waals surface area contributed by atoms with Crippen molar-refractivity contribution < 1.29 is 22.0 Å². The van der Waals surface area contributed by atoms with Crippen molar-refractivity contribution in [1.82, 2.24) is 9.78 Å².